The number of aromatic nitrogens is 1. The van der Waals surface area contributed by atoms with E-state index in [1.54, 1.807) is 24.3 Å². The molecule has 1 aliphatic rings. The molecule has 0 spiro atoms. The van der Waals surface area contributed by atoms with Gasteiger partial charge in [0.25, 0.3) is 11.8 Å². The van der Waals surface area contributed by atoms with Gasteiger partial charge >= 0.3 is 0 Å². The number of anilines is 1. The zero-order valence-electron chi connectivity index (χ0n) is 16.9. The van der Waals surface area contributed by atoms with Crippen molar-refractivity contribution in [1.82, 2.24) is 10.5 Å². The van der Waals surface area contributed by atoms with E-state index in [1.807, 2.05) is 25.1 Å². The molecule has 1 aliphatic carbocycles. The Hall–Kier alpha value is -3.35. The second kappa shape index (κ2) is 8.98. The van der Waals surface area contributed by atoms with Gasteiger partial charge in [-0.2, -0.15) is 0 Å². The zero-order valence-corrected chi connectivity index (χ0v) is 16.9. The van der Waals surface area contributed by atoms with E-state index in [2.05, 4.69) is 10.5 Å². The summed E-state index contributed by atoms with van der Waals surface area (Å²) in [7, 11) is 0. The van der Waals surface area contributed by atoms with Crippen LogP contribution in [-0.2, 0) is 4.79 Å². The van der Waals surface area contributed by atoms with Crippen molar-refractivity contribution in [2.24, 2.45) is 0 Å². The summed E-state index contributed by atoms with van der Waals surface area (Å²) in [6.07, 6.45) is 6.66. The molecule has 2 amide bonds. The molecule has 2 aromatic heterocycles. The minimum absolute atomic E-state index is 0.0533. The molecule has 4 rings (SSSR count). The molecule has 0 unspecified atom stereocenters. The van der Waals surface area contributed by atoms with Crippen LogP contribution >= 0.6 is 0 Å². The molecule has 1 fully saturated rings. The lowest BCUT2D eigenvalue weighted by molar-refractivity contribution is -0.123. The highest BCUT2D eigenvalue weighted by atomic mass is 16.5. The number of nitrogens with one attached hydrogen (secondary N) is 1. The molecule has 156 valence electrons. The van der Waals surface area contributed by atoms with Crippen LogP contribution in [0.3, 0.4) is 0 Å². The molecule has 0 saturated heterocycles. The fraction of sp³-hybridized carbons (Fsp3) is 0.348. The number of carbonyl (C=O) groups excluding carboxylic acids is 2. The van der Waals surface area contributed by atoms with E-state index in [4.69, 9.17) is 8.94 Å². The van der Waals surface area contributed by atoms with Gasteiger partial charge in [-0.3, -0.25) is 14.5 Å². The summed E-state index contributed by atoms with van der Waals surface area (Å²) in [6.45, 7) is 1.81. The molecule has 1 aromatic carbocycles. The number of nitrogens with zero attached hydrogens (tertiary/aromatic N) is 2. The summed E-state index contributed by atoms with van der Waals surface area (Å²) < 4.78 is 10.9. The summed E-state index contributed by atoms with van der Waals surface area (Å²) in [5.41, 5.74) is 0.566. The topological polar surface area (TPSA) is 88.6 Å². The van der Waals surface area contributed by atoms with Gasteiger partial charge in [-0.1, -0.05) is 42.6 Å². The monoisotopic (exact) mass is 407 g/mol. The Labute approximate surface area is 175 Å². The summed E-state index contributed by atoms with van der Waals surface area (Å²) in [4.78, 5) is 28.3. The van der Waals surface area contributed by atoms with Gasteiger partial charge in [0.1, 0.15) is 11.5 Å². The Morgan fingerprint density at radius 3 is 2.47 bits per heavy atom. The van der Waals surface area contributed by atoms with Gasteiger partial charge in [0.15, 0.2) is 6.04 Å². The zero-order chi connectivity index (χ0) is 20.9. The third kappa shape index (κ3) is 4.30. The maximum atomic E-state index is 13.5. The highest BCUT2D eigenvalue weighted by Crippen LogP contribution is 2.31. The van der Waals surface area contributed by atoms with Crippen molar-refractivity contribution >= 4 is 17.5 Å². The van der Waals surface area contributed by atoms with E-state index in [0.717, 1.165) is 25.7 Å². The lowest BCUT2D eigenvalue weighted by atomic mass is 9.95. The van der Waals surface area contributed by atoms with Crippen molar-refractivity contribution in [3.8, 4) is 0 Å². The van der Waals surface area contributed by atoms with Crippen molar-refractivity contribution < 1.29 is 18.5 Å². The Morgan fingerprint density at radius 2 is 1.83 bits per heavy atom. The number of amides is 2. The van der Waals surface area contributed by atoms with Crippen LogP contribution in [0.1, 0.15) is 60.2 Å². The van der Waals surface area contributed by atoms with Crippen LogP contribution in [-0.4, -0.2) is 23.0 Å². The number of aryl methyl sites for hydroxylation is 1. The Balaban J connectivity index is 1.74. The molecule has 7 nitrogen and oxygen atoms in total. The molecule has 30 heavy (non-hydrogen) atoms. The highest BCUT2D eigenvalue weighted by molar-refractivity contribution is 6.08. The van der Waals surface area contributed by atoms with E-state index in [0.29, 0.717) is 17.2 Å². The molecule has 0 radical (unpaired) electrons. The van der Waals surface area contributed by atoms with Crippen LogP contribution in [0.25, 0.3) is 0 Å². The standard InChI is InChI=1S/C23H25N3O4/c1-16-12-13-19(29-16)21(22(27)25-17-8-4-2-5-9-17)26(18-10-6-3-7-11-18)23(28)20-14-15-24-30-20/h3,6-7,10-15,17,21H,2,4-5,8-9H2,1H3,(H,25,27)/t21-/m1/s1. The van der Waals surface area contributed by atoms with Gasteiger partial charge in [0.05, 0.1) is 6.20 Å². The predicted molar refractivity (Wildman–Crippen MR) is 111 cm³/mol. The van der Waals surface area contributed by atoms with Gasteiger partial charge in [-0.25, -0.2) is 0 Å². The van der Waals surface area contributed by atoms with Crippen molar-refractivity contribution in [3.05, 3.63) is 72.0 Å². The van der Waals surface area contributed by atoms with E-state index in [9.17, 15) is 9.59 Å². The minimum Gasteiger partial charge on any atom is -0.464 e. The normalized spacial score (nSPS) is 15.5. The highest BCUT2D eigenvalue weighted by Gasteiger charge is 2.37. The Kier molecular flexibility index (Phi) is 5.97. The number of furan rings is 1. The number of carbonyl (C=O) groups is 2. The molecule has 7 heteroatoms. The van der Waals surface area contributed by atoms with E-state index < -0.39 is 11.9 Å². The number of hydrogen-bond donors (Lipinski definition) is 1. The fourth-order valence-electron chi connectivity index (χ4n) is 3.92. The summed E-state index contributed by atoms with van der Waals surface area (Å²) in [5.74, 6) is 0.389. The maximum absolute atomic E-state index is 13.5. The maximum Gasteiger partial charge on any atom is 0.297 e. The third-order valence-electron chi connectivity index (χ3n) is 5.39. The van der Waals surface area contributed by atoms with Crippen molar-refractivity contribution in [1.29, 1.82) is 0 Å². The third-order valence-corrected chi connectivity index (χ3v) is 5.39. The van der Waals surface area contributed by atoms with Gasteiger partial charge in [0, 0.05) is 17.8 Å². The van der Waals surface area contributed by atoms with Crippen LogP contribution in [0.4, 0.5) is 5.69 Å². The number of hydrogen-bond acceptors (Lipinski definition) is 5. The molecule has 1 N–H and O–H groups in total. The van der Waals surface area contributed by atoms with Crippen LogP contribution in [0.5, 0.6) is 0 Å². The first-order valence-electron chi connectivity index (χ1n) is 10.3. The minimum atomic E-state index is -0.972. The SMILES string of the molecule is Cc1ccc([C@H](C(=O)NC2CCCCC2)N(C(=O)c2ccno2)c2ccccc2)o1. The van der Waals surface area contributed by atoms with Crippen molar-refractivity contribution in [2.75, 3.05) is 4.90 Å². The average molecular weight is 407 g/mol. The molecule has 2 heterocycles. The Morgan fingerprint density at radius 1 is 1.07 bits per heavy atom. The Bertz CT molecular complexity index is 975. The van der Waals surface area contributed by atoms with Gasteiger partial charge in [-0.15, -0.1) is 0 Å². The quantitative estimate of drug-likeness (QED) is 0.654. The average Bonchev–Trinajstić information content (AvgIpc) is 3.45. The summed E-state index contributed by atoms with van der Waals surface area (Å²) in [5, 5.41) is 6.79. The predicted octanol–water partition coefficient (Wildman–Crippen LogP) is 4.41. The molecule has 0 bridgehead atoms. The molecular weight excluding hydrogens is 382 g/mol. The first-order valence-corrected chi connectivity index (χ1v) is 10.3. The first kappa shape index (κ1) is 19.9. The largest absolute Gasteiger partial charge is 0.464 e. The molecule has 1 atom stereocenters. The van der Waals surface area contributed by atoms with E-state index in [1.165, 1.54) is 23.6 Å². The smallest absolute Gasteiger partial charge is 0.297 e. The number of para-hydroxylation sites is 1. The molecule has 0 aliphatic heterocycles. The molecule has 1 saturated carbocycles. The summed E-state index contributed by atoms with van der Waals surface area (Å²) >= 11 is 0. The van der Waals surface area contributed by atoms with Crippen LogP contribution in [0.2, 0.25) is 0 Å². The fourth-order valence-corrected chi connectivity index (χ4v) is 3.92. The second-order valence-corrected chi connectivity index (χ2v) is 7.58. The van der Waals surface area contributed by atoms with Crippen LogP contribution in [0, 0.1) is 6.92 Å². The van der Waals surface area contributed by atoms with Crippen LogP contribution < -0.4 is 10.2 Å². The van der Waals surface area contributed by atoms with Gasteiger partial charge in [-0.05, 0) is 44.0 Å². The van der Waals surface area contributed by atoms with Crippen molar-refractivity contribution in [2.45, 2.75) is 51.1 Å². The lowest BCUT2D eigenvalue weighted by Gasteiger charge is -2.31. The molecule has 3 aromatic rings. The number of benzene rings is 1. The molecular formula is C23H25N3O4. The van der Waals surface area contributed by atoms with Gasteiger partial charge in [0.2, 0.25) is 5.76 Å². The van der Waals surface area contributed by atoms with E-state index >= 15 is 0 Å². The summed E-state index contributed by atoms with van der Waals surface area (Å²) in [6, 6.07) is 13.2. The second-order valence-electron chi connectivity index (χ2n) is 7.58. The lowest BCUT2D eigenvalue weighted by Crippen LogP contribution is -2.47. The number of rotatable bonds is 6. The van der Waals surface area contributed by atoms with Crippen LogP contribution in [0.15, 0.2) is 63.7 Å². The first-order chi connectivity index (χ1) is 14.6. The van der Waals surface area contributed by atoms with Crippen molar-refractivity contribution in [3.63, 3.8) is 0 Å². The van der Waals surface area contributed by atoms with E-state index in [-0.39, 0.29) is 17.7 Å². The van der Waals surface area contributed by atoms with Gasteiger partial charge < -0.3 is 14.3 Å².